The average Bonchev–Trinajstić information content (AvgIpc) is 3.23. The van der Waals surface area contributed by atoms with Crippen molar-refractivity contribution in [3.63, 3.8) is 0 Å². The van der Waals surface area contributed by atoms with Crippen LogP contribution in [0.1, 0.15) is 47.7 Å². The van der Waals surface area contributed by atoms with Crippen molar-refractivity contribution in [1.29, 1.82) is 0 Å². The first-order chi connectivity index (χ1) is 12.4. The van der Waals surface area contributed by atoms with Crippen LogP contribution in [-0.2, 0) is 11.8 Å². The van der Waals surface area contributed by atoms with Crippen molar-refractivity contribution in [1.82, 2.24) is 4.57 Å². The number of anilines is 1. The number of carbonyl (C=O) groups is 2. The smallest absolute Gasteiger partial charge is 0.272 e. The third-order valence-electron chi connectivity index (χ3n) is 5.76. The molecule has 1 amide bonds. The van der Waals surface area contributed by atoms with Crippen LogP contribution in [0.2, 0.25) is 5.02 Å². The lowest BCUT2D eigenvalue weighted by Crippen LogP contribution is -2.18. The zero-order chi connectivity index (χ0) is 18.4. The molecule has 2 fully saturated rings. The van der Waals surface area contributed by atoms with Crippen LogP contribution in [0.25, 0.3) is 0 Å². The van der Waals surface area contributed by atoms with Crippen LogP contribution < -0.4 is 5.32 Å². The predicted octanol–water partition coefficient (Wildman–Crippen LogP) is 4.54. The number of aromatic nitrogens is 1. The summed E-state index contributed by atoms with van der Waals surface area (Å²) in [5, 5.41) is 2.78. The first-order valence-electron chi connectivity index (χ1n) is 8.85. The Morgan fingerprint density at radius 1 is 1.23 bits per heavy atom. The van der Waals surface area contributed by atoms with E-state index < -0.39 is 5.82 Å². The molecule has 1 aromatic carbocycles. The van der Waals surface area contributed by atoms with Crippen LogP contribution in [0.5, 0.6) is 0 Å². The second-order valence-corrected chi connectivity index (χ2v) is 7.86. The van der Waals surface area contributed by atoms with Crippen LogP contribution in [-0.4, -0.2) is 16.3 Å². The van der Waals surface area contributed by atoms with Gasteiger partial charge in [-0.2, -0.15) is 0 Å². The maximum atomic E-state index is 13.3. The first kappa shape index (κ1) is 17.3. The van der Waals surface area contributed by atoms with Gasteiger partial charge in [-0.05, 0) is 60.4 Å². The Hall–Kier alpha value is -2.14. The molecule has 2 aliphatic rings. The molecule has 0 bridgehead atoms. The summed E-state index contributed by atoms with van der Waals surface area (Å²) in [6.07, 6.45) is 5.18. The molecule has 1 aromatic heterocycles. The van der Waals surface area contributed by atoms with E-state index in [0.29, 0.717) is 47.8 Å². The fourth-order valence-corrected chi connectivity index (χ4v) is 4.75. The van der Waals surface area contributed by atoms with E-state index in [9.17, 15) is 14.0 Å². The molecule has 4 nitrogen and oxygen atoms in total. The van der Waals surface area contributed by atoms with E-state index in [1.807, 2.05) is 23.9 Å². The minimum atomic E-state index is -0.517. The Balaban J connectivity index is 1.55. The lowest BCUT2D eigenvalue weighted by atomic mass is 9.94. The highest BCUT2D eigenvalue weighted by molar-refractivity contribution is 6.31. The number of hydrogen-bond acceptors (Lipinski definition) is 2. The lowest BCUT2D eigenvalue weighted by Gasteiger charge is -2.14. The highest BCUT2D eigenvalue weighted by atomic mass is 35.5. The molecule has 1 heterocycles. The van der Waals surface area contributed by atoms with Crippen LogP contribution in [0.3, 0.4) is 0 Å². The number of hydrogen-bond donors (Lipinski definition) is 1. The number of carbonyl (C=O) groups excluding carboxylic acids is 2. The summed E-state index contributed by atoms with van der Waals surface area (Å²) in [6, 6.07) is 6.13. The summed E-state index contributed by atoms with van der Waals surface area (Å²) in [4.78, 5) is 24.5. The molecular weight excluding hydrogens is 355 g/mol. The molecule has 2 aromatic rings. The maximum absolute atomic E-state index is 13.3. The van der Waals surface area contributed by atoms with Crippen LogP contribution >= 0.6 is 11.6 Å². The van der Waals surface area contributed by atoms with Gasteiger partial charge in [-0.1, -0.05) is 11.6 Å². The maximum Gasteiger partial charge on any atom is 0.272 e. The van der Waals surface area contributed by atoms with Crippen molar-refractivity contribution >= 4 is 29.0 Å². The predicted molar refractivity (Wildman–Crippen MR) is 98.0 cm³/mol. The minimum absolute atomic E-state index is 0.0248. The van der Waals surface area contributed by atoms with Gasteiger partial charge >= 0.3 is 0 Å². The van der Waals surface area contributed by atoms with E-state index in [-0.39, 0.29) is 10.9 Å². The number of fused-ring (bicyclic) bond motifs is 1. The third-order valence-corrected chi connectivity index (χ3v) is 6.05. The molecule has 2 atom stereocenters. The van der Waals surface area contributed by atoms with Gasteiger partial charge < -0.3 is 9.88 Å². The monoisotopic (exact) mass is 374 g/mol. The number of Topliss-reactive ketones (excluding diaryl/α,β-unsaturated/α-hetero) is 1. The summed E-state index contributed by atoms with van der Waals surface area (Å²) in [6.45, 7) is 0. The number of benzene rings is 1. The Kier molecular flexibility index (Phi) is 4.35. The van der Waals surface area contributed by atoms with Gasteiger partial charge in [0, 0.05) is 31.8 Å². The van der Waals surface area contributed by atoms with Crippen molar-refractivity contribution < 1.29 is 14.0 Å². The summed E-state index contributed by atoms with van der Waals surface area (Å²) < 4.78 is 15.1. The molecule has 0 spiro atoms. The van der Waals surface area contributed by atoms with E-state index in [1.54, 1.807) is 0 Å². The molecular formula is C20H20ClFN2O2. The van der Waals surface area contributed by atoms with Gasteiger partial charge in [0.1, 0.15) is 17.3 Å². The fourth-order valence-electron chi connectivity index (χ4n) is 4.57. The molecule has 26 heavy (non-hydrogen) atoms. The third kappa shape index (κ3) is 3.05. The van der Waals surface area contributed by atoms with Crippen molar-refractivity contribution in [3.8, 4) is 0 Å². The molecule has 0 saturated heterocycles. The molecule has 6 heteroatoms. The normalized spacial score (nSPS) is 24.7. The molecule has 2 aliphatic carbocycles. The number of rotatable bonds is 3. The largest absolute Gasteiger partial charge is 0.346 e. The zero-order valence-electron chi connectivity index (χ0n) is 14.5. The molecule has 1 N–H and O–H groups in total. The number of aryl methyl sites for hydroxylation is 1. The number of ketones is 1. The van der Waals surface area contributed by atoms with Crippen molar-refractivity contribution in [2.75, 3.05) is 5.32 Å². The quantitative estimate of drug-likeness (QED) is 0.857. The average molecular weight is 375 g/mol. The second kappa shape index (κ2) is 6.54. The van der Waals surface area contributed by atoms with Gasteiger partial charge in [0.05, 0.1) is 5.02 Å². The van der Waals surface area contributed by atoms with E-state index in [1.165, 1.54) is 18.2 Å². The Labute approximate surface area is 156 Å². The Bertz CT molecular complexity index is 876. The number of nitrogens with one attached hydrogen (secondary N) is 1. The lowest BCUT2D eigenvalue weighted by molar-refractivity contribution is -0.117. The number of halogens is 2. The van der Waals surface area contributed by atoms with E-state index >= 15 is 0 Å². The highest BCUT2D eigenvalue weighted by Crippen LogP contribution is 2.50. The molecule has 0 aliphatic heterocycles. The van der Waals surface area contributed by atoms with E-state index in [4.69, 9.17) is 11.6 Å². The second-order valence-electron chi connectivity index (χ2n) is 7.45. The zero-order valence-corrected chi connectivity index (χ0v) is 15.2. The van der Waals surface area contributed by atoms with Crippen molar-refractivity contribution in [3.05, 3.63) is 52.6 Å². The van der Waals surface area contributed by atoms with Crippen LogP contribution in [0.15, 0.2) is 30.5 Å². The first-order valence-corrected chi connectivity index (χ1v) is 9.23. The highest BCUT2D eigenvalue weighted by Gasteiger charge is 2.42. The Morgan fingerprint density at radius 2 is 1.92 bits per heavy atom. The minimum Gasteiger partial charge on any atom is -0.346 e. The summed E-state index contributed by atoms with van der Waals surface area (Å²) in [5.74, 6) is 0.841. The fraction of sp³-hybridized carbons (Fsp3) is 0.400. The van der Waals surface area contributed by atoms with Crippen LogP contribution in [0, 0.1) is 17.7 Å². The van der Waals surface area contributed by atoms with Gasteiger partial charge in [-0.25, -0.2) is 4.39 Å². The Morgan fingerprint density at radius 3 is 2.58 bits per heavy atom. The van der Waals surface area contributed by atoms with Gasteiger partial charge in [0.2, 0.25) is 0 Å². The molecule has 4 rings (SSSR count). The number of amides is 1. The van der Waals surface area contributed by atoms with Gasteiger partial charge in [-0.3, -0.25) is 9.59 Å². The number of nitrogens with zero attached hydrogens (tertiary/aromatic N) is 1. The van der Waals surface area contributed by atoms with E-state index in [2.05, 4.69) is 5.32 Å². The molecule has 2 unspecified atom stereocenters. The van der Waals surface area contributed by atoms with Crippen LogP contribution in [0.4, 0.5) is 10.1 Å². The standard InChI is InChI=1S/C20H20ClFN2O2/c1-24-5-4-16(13-6-11-8-15(25)9-12(11)7-13)19(24)20(26)23-14-2-3-18(22)17(21)10-14/h2-5,10-13H,6-9H2,1H3,(H,23,26). The van der Waals surface area contributed by atoms with Gasteiger partial charge in [0.25, 0.3) is 5.91 Å². The van der Waals surface area contributed by atoms with Gasteiger partial charge in [0.15, 0.2) is 0 Å². The summed E-state index contributed by atoms with van der Waals surface area (Å²) in [5.41, 5.74) is 2.10. The molecule has 0 radical (unpaired) electrons. The summed E-state index contributed by atoms with van der Waals surface area (Å²) in [7, 11) is 1.84. The van der Waals surface area contributed by atoms with Crippen molar-refractivity contribution in [2.24, 2.45) is 18.9 Å². The van der Waals surface area contributed by atoms with Crippen molar-refractivity contribution in [2.45, 2.75) is 31.6 Å². The topological polar surface area (TPSA) is 51.1 Å². The molecule has 136 valence electrons. The molecule has 2 saturated carbocycles. The summed E-state index contributed by atoms with van der Waals surface area (Å²) >= 11 is 5.80. The van der Waals surface area contributed by atoms with E-state index in [0.717, 1.165) is 18.4 Å². The van der Waals surface area contributed by atoms with Gasteiger partial charge in [-0.15, -0.1) is 0 Å². The SMILES string of the molecule is Cn1ccc(C2CC3CC(=O)CC3C2)c1C(=O)Nc1ccc(F)c(Cl)c1.